The van der Waals surface area contributed by atoms with Crippen LogP contribution in [-0.4, -0.2) is 27.2 Å². The molecule has 192 valence electrons. The van der Waals surface area contributed by atoms with Crippen LogP contribution >= 0.6 is 11.6 Å². The fourth-order valence-corrected chi connectivity index (χ4v) is 18.9. The quantitative estimate of drug-likeness (QED) is 0.185. The summed E-state index contributed by atoms with van der Waals surface area (Å²) in [5, 5.41) is 10.6. The highest BCUT2D eigenvalue weighted by Crippen LogP contribution is 2.28. The first-order valence-electron chi connectivity index (χ1n) is 13.1. The lowest BCUT2D eigenvalue weighted by molar-refractivity contribution is 0.0697. The van der Waals surface area contributed by atoms with Gasteiger partial charge in [0.2, 0.25) is 0 Å². The summed E-state index contributed by atoms with van der Waals surface area (Å²) in [5.41, 5.74) is 7.38. The molecule has 0 aliphatic carbocycles. The van der Waals surface area contributed by atoms with Crippen LogP contribution in [0.1, 0.15) is 39.9 Å². The van der Waals surface area contributed by atoms with Crippen molar-refractivity contribution in [1.29, 1.82) is 0 Å². The van der Waals surface area contributed by atoms with Gasteiger partial charge in [-0.3, -0.25) is 0 Å². The zero-order valence-electron chi connectivity index (χ0n) is 22.5. The molecule has 1 N–H and O–H groups in total. The third-order valence-corrected chi connectivity index (χ3v) is 16.8. The van der Waals surface area contributed by atoms with Crippen LogP contribution in [0.4, 0.5) is 0 Å². The van der Waals surface area contributed by atoms with Gasteiger partial charge in [-0.1, -0.05) is 111 Å². The van der Waals surface area contributed by atoms with E-state index in [9.17, 15) is 9.90 Å². The van der Waals surface area contributed by atoms with Gasteiger partial charge in [-0.2, -0.15) is 0 Å². The average Bonchev–Trinajstić information content (AvgIpc) is 2.80. The van der Waals surface area contributed by atoms with E-state index in [0.717, 1.165) is 41.8 Å². The minimum Gasteiger partial charge on any atom is -0.478 e. The van der Waals surface area contributed by atoms with E-state index in [4.69, 9.17) is 11.6 Å². The molecule has 5 heteroatoms. The van der Waals surface area contributed by atoms with E-state index in [1.807, 2.05) is 18.2 Å². The van der Waals surface area contributed by atoms with E-state index < -0.39 is 22.1 Å². The third kappa shape index (κ3) is 9.06. The summed E-state index contributed by atoms with van der Waals surface area (Å²) < 4.78 is 0. The summed E-state index contributed by atoms with van der Waals surface area (Å²) in [6.45, 7) is 12.5. The number of carboxylic acid groups (broad SMARTS) is 1. The Kier molecular flexibility index (Phi) is 9.79. The van der Waals surface area contributed by atoms with E-state index in [1.165, 1.54) is 34.8 Å². The van der Waals surface area contributed by atoms with E-state index >= 15 is 0 Å². The number of aromatic carboxylic acids is 1. The monoisotopic (exact) mass is 536 g/mol. The molecule has 2 nitrogen and oxygen atoms in total. The van der Waals surface area contributed by atoms with E-state index in [-0.39, 0.29) is 0 Å². The van der Waals surface area contributed by atoms with Crippen molar-refractivity contribution in [3.63, 3.8) is 0 Å². The molecule has 0 radical (unpaired) electrons. The largest absolute Gasteiger partial charge is 0.478 e. The average molecular weight is 537 g/mol. The van der Waals surface area contributed by atoms with Crippen LogP contribution in [0.2, 0.25) is 49.5 Å². The number of hydrogen-bond donors (Lipinski definition) is 1. The van der Waals surface area contributed by atoms with Crippen LogP contribution in [0, 0.1) is 0 Å². The molecule has 0 spiro atoms. The Morgan fingerprint density at radius 1 is 0.750 bits per heavy atom. The van der Waals surface area contributed by atoms with Gasteiger partial charge in [-0.05, 0) is 71.7 Å². The third-order valence-electron chi connectivity index (χ3n) is 6.77. The zero-order chi connectivity index (χ0) is 26.3. The fourth-order valence-electron chi connectivity index (χ4n) is 5.42. The number of halogens is 1. The second-order valence-corrected chi connectivity index (χ2v) is 23.9. The van der Waals surface area contributed by atoms with Crippen molar-refractivity contribution in [2.75, 3.05) is 0 Å². The van der Waals surface area contributed by atoms with Crippen molar-refractivity contribution in [2.24, 2.45) is 0 Å². The van der Waals surface area contributed by atoms with Crippen LogP contribution in [0.3, 0.4) is 0 Å². The molecular weight excluding hydrogens is 496 g/mol. The van der Waals surface area contributed by atoms with Crippen LogP contribution in [0.15, 0.2) is 66.7 Å². The maximum atomic E-state index is 11.9. The summed E-state index contributed by atoms with van der Waals surface area (Å²) in [5.74, 6) is -0.873. The Morgan fingerprint density at radius 2 is 1.31 bits per heavy atom. The first kappa shape index (κ1) is 28.4. The van der Waals surface area contributed by atoms with Crippen LogP contribution in [-0.2, 0) is 19.3 Å². The second kappa shape index (κ2) is 12.4. The molecule has 3 aromatic carbocycles. The zero-order valence-corrected chi connectivity index (χ0v) is 25.3. The predicted octanol–water partition coefficient (Wildman–Crippen LogP) is 9.40. The number of hydrogen-bond acceptors (Lipinski definition) is 1. The van der Waals surface area contributed by atoms with Gasteiger partial charge in [-0.15, -0.1) is 0 Å². The summed E-state index contributed by atoms with van der Waals surface area (Å²) in [7, 11) is -2.13. The lowest BCUT2D eigenvalue weighted by atomic mass is 9.94. The molecule has 0 heterocycles. The molecule has 0 amide bonds. The van der Waals surface area contributed by atoms with Gasteiger partial charge in [0, 0.05) is 21.2 Å². The lowest BCUT2D eigenvalue weighted by Crippen LogP contribution is -2.37. The standard InChI is InChI=1S/C31H41ClO2Si2/c1-35(2,3)23-36(4,5)21-7-6-8-26-15-20-29(31(33)34)30(22-26)27-16-11-24(12-17-27)9-10-25-13-18-28(32)19-14-25/h11-20,22H,6-10,21,23H2,1-5H3,(H,33,34). The van der Waals surface area contributed by atoms with Crippen molar-refractivity contribution < 1.29 is 9.90 Å². The van der Waals surface area contributed by atoms with Crippen molar-refractivity contribution in [2.45, 2.75) is 76.6 Å². The van der Waals surface area contributed by atoms with Crippen molar-refractivity contribution >= 4 is 33.7 Å². The highest BCUT2D eigenvalue weighted by molar-refractivity contribution is 6.94. The summed E-state index contributed by atoms with van der Waals surface area (Å²) >= 11 is 5.99. The molecular formula is C31H41ClO2Si2. The van der Waals surface area contributed by atoms with Crippen molar-refractivity contribution in [3.05, 3.63) is 94.0 Å². The van der Waals surface area contributed by atoms with Gasteiger partial charge < -0.3 is 5.11 Å². The lowest BCUT2D eigenvalue weighted by Gasteiger charge is -2.29. The van der Waals surface area contributed by atoms with Gasteiger partial charge >= 0.3 is 5.97 Å². The molecule has 0 aliphatic heterocycles. The highest BCUT2D eigenvalue weighted by atomic mass is 35.5. The van der Waals surface area contributed by atoms with Gasteiger partial charge in [0.05, 0.1) is 5.56 Å². The van der Waals surface area contributed by atoms with Crippen LogP contribution in [0.25, 0.3) is 11.1 Å². The number of benzene rings is 3. The normalized spacial score (nSPS) is 12.1. The number of carboxylic acids is 1. The van der Waals surface area contributed by atoms with Crippen LogP contribution in [0.5, 0.6) is 0 Å². The minimum absolute atomic E-state index is 0.372. The van der Waals surface area contributed by atoms with Crippen molar-refractivity contribution in [3.8, 4) is 11.1 Å². The second-order valence-electron chi connectivity index (χ2n) is 12.1. The maximum Gasteiger partial charge on any atom is 0.336 e. The summed E-state index contributed by atoms with van der Waals surface area (Å²) in [4.78, 5) is 11.9. The Labute approximate surface area is 224 Å². The molecule has 36 heavy (non-hydrogen) atoms. The van der Waals surface area contributed by atoms with Gasteiger partial charge in [0.1, 0.15) is 0 Å². The van der Waals surface area contributed by atoms with Crippen molar-refractivity contribution in [1.82, 2.24) is 0 Å². The Hall–Kier alpha value is -2.15. The Balaban J connectivity index is 1.65. The number of unbranched alkanes of at least 4 members (excludes halogenated alkanes) is 1. The number of rotatable bonds is 12. The fraction of sp³-hybridized carbons (Fsp3) is 0.387. The molecule has 3 aromatic rings. The molecule has 0 saturated heterocycles. The molecule has 0 aromatic heterocycles. The number of aryl methyl sites for hydroxylation is 3. The van der Waals surface area contributed by atoms with Crippen LogP contribution < -0.4 is 0 Å². The molecule has 0 atom stereocenters. The molecule has 0 fully saturated rings. The molecule has 3 rings (SSSR count). The SMILES string of the molecule is C[Si](C)(C)C[Si](C)(C)CCCCc1ccc(C(=O)O)c(-c2ccc(CCc3ccc(Cl)cc3)cc2)c1. The predicted molar refractivity (Wildman–Crippen MR) is 161 cm³/mol. The van der Waals surface area contributed by atoms with Gasteiger partial charge in [0.25, 0.3) is 0 Å². The highest BCUT2D eigenvalue weighted by Gasteiger charge is 2.27. The van der Waals surface area contributed by atoms with E-state index in [2.05, 4.69) is 75.2 Å². The minimum atomic E-state index is -1.12. The first-order valence-corrected chi connectivity index (χ1v) is 20.6. The summed E-state index contributed by atoms with van der Waals surface area (Å²) in [6.07, 6.45) is 5.32. The first-order chi connectivity index (χ1) is 16.9. The maximum absolute atomic E-state index is 11.9. The Morgan fingerprint density at radius 3 is 1.86 bits per heavy atom. The molecule has 0 unspecified atom stereocenters. The smallest absolute Gasteiger partial charge is 0.336 e. The van der Waals surface area contributed by atoms with E-state index in [1.54, 1.807) is 6.07 Å². The summed E-state index contributed by atoms with van der Waals surface area (Å²) in [6, 6.07) is 23.6. The Bertz CT molecular complexity index is 1150. The molecule has 0 saturated carbocycles. The van der Waals surface area contributed by atoms with E-state index in [0.29, 0.717) is 5.56 Å². The molecule has 0 bridgehead atoms. The number of carbonyl (C=O) groups is 1. The molecule has 0 aliphatic rings. The topological polar surface area (TPSA) is 37.3 Å². The van der Waals surface area contributed by atoms with Gasteiger partial charge in [-0.25, -0.2) is 4.79 Å². The van der Waals surface area contributed by atoms with Gasteiger partial charge in [0.15, 0.2) is 0 Å².